The van der Waals surface area contributed by atoms with Gasteiger partial charge in [-0.2, -0.15) is 0 Å². The molecule has 31 heavy (non-hydrogen) atoms. The van der Waals surface area contributed by atoms with Crippen LogP contribution in [0.3, 0.4) is 0 Å². The maximum Gasteiger partial charge on any atom is 0.255 e. The molecule has 0 bridgehead atoms. The topological polar surface area (TPSA) is 66.0 Å². The van der Waals surface area contributed by atoms with Crippen molar-refractivity contribution in [3.63, 3.8) is 0 Å². The van der Waals surface area contributed by atoms with Crippen molar-refractivity contribution >= 4 is 27.5 Å². The molecule has 0 radical (unpaired) electrons. The number of methoxy groups -OCH3 is 1. The Morgan fingerprint density at radius 2 is 1.58 bits per heavy atom. The van der Waals surface area contributed by atoms with Gasteiger partial charge in [-0.1, -0.05) is 12.1 Å². The van der Waals surface area contributed by atoms with Crippen LogP contribution in [0.2, 0.25) is 0 Å². The molecule has 3 aromatic rings. The van der Waals surface area contributed by atoms with Crippen LogP contribution in [0.5, 0.6) is 28.7 Å². The Hall–Kier alpha value is -3.19. The van der Waals surface area contributed by atoms with Crippen LogP contribution in [0.1, 0.15) is 24.2 Å². The minimum atomic E-state index is -0.261. The van der Waals surface area contributed by atoms with Gasteiger partial charge in [0.1, 0.15) is 5.75 Å². The summed E-state index contributed by atoms with van der Waals surface area (Å²) < 4.78 is 23.1. The molecular weight excluding hydrogens is 462 g/mol. The molecule has 0 saturated carbocycles. The van der Waals surface area contributed by atoms with E-state index in [4.69, 9.17) is 18.9 Å². The quantitative estimate of drug-likeness (QED) is 0.385. The van der Waals surface area contributed by atoms with Crippen LogP contribution in [-0.2, 0) is 0 Å². The van der Waals surface area contributed by atoms with Crippen LogP contribution in [-0.4, -0.2) is 26.2 Å². The van der Waals surface area contributed by atoms with Gasteiger partial charge in [-0.15, -0.1) is 0 Å². The summed E-state index contributed by atoms with van der Waals surface area (Å²) in [6.45, 7) is 4.73. The van der Waals surface area contributed by atoms with Crippen molar-refractivity contribution in [1.29, 1.82) is 0 Å². The summed E-state index contributed by atoms with van der Waals surface area (Å²) in [5, 5.41) is 2.88. The molecular formula is C24H24BrNO5. The first-order chi connectivity index (χ1) is 15.0. The second-order valence-corrected chi connectivity index (χ2v) is 7.24. The maximum atomic E-state index is 12.8. The molecule has 0 aliphatic heterocycles. The van der Waals surface area contributed by atoms with E-state index in [1.54, 1.807) is 43.5 Å². The summed E-state index contributed by atoms with van der Waals surface area (Å²) in [7, 11) is 1.59. The highest BCUT2D eigenvalue weighted by molar-refractivity contribution is 9.10. The number of nitrogens with one attached hydrogen (secondary N) is 1. The minimum Gasteiger partial charge on any atom is -0.493 e. The van der Waals surface area contributed by atoms with E-state index in [0.717, 1.165) is 0 Å². The first-order valence-corrected chi connectivity index (χ1v) is 10.7. The Labute approximate surface area is 190 Å². The highest BCUT2D eigenvalue weighted by Gasteiger charge is 2.16. The molecule has 0 aliphatic rings. The lowest BCUT2D eigenvalue weighted by Crippen LogP contribution is -2.12. The van der Waals surface area contributed by atoms with Gasteiger partial charge in [0, 0.05) is 11.3 Å². The number of anilines is 1. The number of para-hydroxylation sites is 2. The number of benzene rings is 3. The van der Waals surface area contributed by atoms with Crippen LogP contribution in [0.15, 0.2) is 65.1 Å². The Kier molecular flexibility index (Phi) is 7.78. The van der Waals surface area contributed by atoms with Gasteiger partial charge in [0.25, 0.3) is 5.91 Å². The molecule has 3 aromatic carbocycles. The van der Waals surface area contributed by atoms with Crippen LogP contribution < -0.4 is 24.3 Å². The number of hydrogen-bond donors (Lipinski definition) is 1. The van der Waals surface area contributed by atoms with E-state index < -0.39 is 0 Å². The normalized spacial score (nSPS) is 10.3. The van der Waals surface area contributed by atoms with Gasteiger partial charge < -0.3 is 24.3 Å². The largest absolute Gasteiger partial charge is 0.493 e. The summed E-state index contributed by atoms with van der Waals surface area (Å²) >= 11 is 3.46. The number of carbonyl (C=O) groups is 1. The average Bonchev–Trinajstić information content (AvgIpc) is 2.77. The fourth-order valence-electron chi connectivity index (χ4n) is 2.89. The number of amides is 1. The summed E-state index contributed by atoms with van der Waals surface area (Å²) in [6, 6.07) is 17.9. The van der Waals surface area contributed by atoms with Crippen LogP contribution >= 0.6 is 15.9 Å². The second-order valence-electron chi connectivity index (χ2n) is 6.38. The van der Waals surface area contributed by atoms with Crippen molar-refractivity contribution in [2.45, 2.75) is 13.8 Å². The fraction of sp³-hybridized carbons (Fsp3) is 0.208. The number of hydrogen-bond acceptors (Lipinski definition) is 5. The molecule has 0 unspecified atom stereocenters. The van der Waals surface area contributed by atoms with E-state index in [0.29, 0.717) is 57.7 Å². The molecule has 162 valence electrons. The van der Waals surface area contributed by atoms with Crippen LogP contribution in [0.25, 0.3) is 0 Å². The molecule has 1 amide bonds. The first-order valence-electron chi connectivity index (χ1n) is 9.87. The lowest BCUT2D eigenvalue weighted by Gasteiger charge is -2.15. The third kappa shape index (κ3) is 5.70. The molecule has 6 nitrogen and oxygen atoms in total. The van der Waals surface area contributed by atoms with Crippen molar-refractivity contribution in [3.05, 3.63) is 70.7 Å². The number of carbonyl (C=O) groups excluding carboxylic acids is 1. The first kappa shape index (κ1) is 22.5. The Morgan fingerprint density at radius 3 is 2.23 bits per heavy atom. The van der Waals surface area contributed by atoms with Gasteiger partial charge in [0.15, 0.2) is 23.0 Å². The molecule has 0 heterocycles. The zero-order valence-corrected chi connectivity index (χ0v) is 19.2. The molecule has 0 spiro atoms. The lowest BCUT2D eigenvalue weighted by molar-refractivity contribution is 0.102. The standard InChI is InChI=1S/C24H24BrNO5/c1-4-29-22-15-16(14-19(25)23(22)30-5-2)24(27)26-17-10-12-18(13-11-17)31-21-9-7-6-8-20(21)28-3/h6-15H,4-5H2,1-3H3,(H,26,27). The molecule has 7 heteroatoms. The highest BCUT2D eigenvalue weighted by Crippen LogP contribution is 2.37. The van der Waals surface area contributed by atoms with Crippen molar-refractivity contribution in [2.75, 3.05) is 25.6 Å². The summed E-state index contributed by atoms with van der Waals surface area (Å²) in [6.07, 6.45) is 0. The molecule has 3 rings (SSSR count). The average molecular weight is 486 g/mol. The number of halogens is 1. The molecule has 0 saturated heterocycles. The number of ether oxygens (including phenoxy) is 4. The predicted molar refractivity (Wildman–Crippen MR) is 124 cm³/mol. The third-order valence-electron chi connectivity index (χ3n) is 4.27. The molecule has 0 fully saturated rings. The van der Waals surface area contributed by atoms with Crippen molar-refractivity contribution in [3.8, 4) is 28.7 Å². The van der Waals surface area contributed by atoms with Gasteiger partial charge in [-0.05, 0) is 78.3 Å². The van der Waals surface area contributed by atoms with Crippen molar-refractivity contribution in [2.24, 2.45) is 0 Å². The Balaban J connectivity index is 1.73. The van der Waals surface area contributed by atoms with Crippen molar-refractivity contribution < 1.29 is 23.7 Å². The smallest absolute Gasteiger partial charge is 0.255 e. The Bertz CT molecular complexity index is 1040. The third-order valence-corrected chi connectivity index (χ3v) is 4.86. The van der Waals surface area contributed by atoms with Crippen molar-refractivity contribution in [1.82, 2.24) is 0 Å². The zero-order valence-electron chi connectivity index (χ0n) is 17.6. The molecule has 0 aliphatic carbocycles. The van der Waals surface area contributed by atoms with Crippen LogP contribution in [0.4, 0.5) is 5.69 Å². The van der Waals surface area contributed by atoms with E-state index in [1.807, 2.05) is 38.1 Å². The van der Waals surface area contributed by atoms with Gasteiger partial charge in [0.2, 0.25) is 0 Å². The second kappa shape index (κ2) is 10.7. The van der Waals surface area contributed by atoms with Gasteiger partial charge >= 0.3 is 0 Å². The minimum absolute atomic E-state index is 0.261. The van der Waals surface area contributed by atoms with E-state index in [1.165, 1.54) is 0 Å². The van der Waals surface area contributed by atoms with E-state index in [-0.39, 0.29) is 5.91 Å². The van der Waals surface area contributed by atoms with Gasteiger partial charge in [0.05, 0.1) is 24.8 Å². The van der Waals surface area contributed by atoms with E-state index in [2.05, 4.69) is 21.2 Å². The highest BCUT2D eigenvalue weighted by atomic mass is 79.9. The monoisotopic (exact) mass is 485 g/mol. The SMILES string of the molecule is CCOc1cc(C(=O)Nc2ccc(Oc3ccccc3OC)cc2)cc(Br)c1OCC. The molecule has 1 N–H and O–H groups in total. The fourth-order valence-corrected chi connectivity index (χ4v) is 3.44. The molecule has 0 atom stereocenters. The van der Waals surface area contributed by atoms with Crippen LogP contribution in [0, 0.1) is 0 Å². The van der Waals surface area contributed by atoms with Gasteiger partial charge in [-0.3, -0.25) is 4.79 Å². The summed E-state index contributed by atoms with van der Waals surface area (Å²) in [5.74, 6) is 2.73. The Morgan fingerprint density at radius 1 is 0.903 bits per heavy atom. The molecule has 0 aromatic heterocycles. The lowest BCUT2D eigenvalue weighted by atomic mass is 10.1. The predicted octanol–water partition coefficient (Wildman–Crippen LogP) is 6.30. The van der Waals surface area contributed by atoms with Gasteiger partial charge in [-0.25, -0.2) is 0 Å². The summed E-state index contributed by atoms with van der Waals surface area (Å²) in [5.41, 5.74) is 1.09. The zero-order chi connectivity index (χ0) is 22.2. The van der Waals surface area contributed by atoms with E-state index >= 15 is 0 Å². The summed E-state index contributed by atoms with van der Waals surface area (Å²) in [4.78, 5) is 12.8. The van der Waals surface area contributed by atoms with E-state index in [9.17, 15) is 4.79 Å². The maximum absolute atomic E-state index is 12.8. The number of rotatable bonds is 9.